The van der Waals surface area contributed by atoms with Crippen LogP contribution in [0.25, 0.3) is 0 Å². The standard InChI is InChI=1S/C12H26O2Si.C8H10O2.C8H10O.C5H6O/c1-10(2)15(11(3)4,12(5)6)14-9-7-8-13;9-6-2-4-7-3-1-5-8(7)10;1-2-4-7-5-3-6-8(7)9;6-5-3-1-2-4-5/h8,10-12H,7,9H2,1-6H3;1,4-5,9H,2-3,6H2;3-4,6H,2,5H2,1H3;1,3H,2,4H2/b;2*7-4+;. The van der Waals surface area contributed by atoms with E-state index in [2.05, 4.69) is 41.5 Å². The van der Waals surface area contributed by atoms with E-state index in [-0.39, 0.29) is 24.0 Å². The highest BCUT2D eigenvalue weighted by Gasteiger charge is 2.44. The number of allylic oxidation sites excluding steroid dienone is 9. The molecule has 0 aliphatic heterocycles. The lowest BCUT2D eigenvalue weighted by molar-refractivity contribution is -0.114. The van der Waals surface area contributed by atoms with Crippen molar-refractivity contribution in [1.29, 1.82) is 0 Å². The summed E-state index contributed by atoms with van der Waals surface area (Å²) >= 11 is 0. The van der Waals surface area contributed by atoms with Gasteiger partial charge in [0.1, 0.15) is 6.29 Å². The van der Waals surface area contributed by atoms with Gasteiger partial charge in [0, 0.05) is 26.1 Å². The molecule has 3 aliphatic rings. The number of aliphatic hydroxyl groups is 1. The number of aliphatic hydroxyl groups excluding tert-OH is 1. The highest BCUT2D eigenvalue weighted by Crippen LogP contribution is 2.42. The summed E-state index contributed by atoms with van der Waals surface area (Å²) < 4.78 is 6.16. The van der Waals surface area contributed by atoms with Crippen molar-refractivity contribution in [2.45, 2.75) is 110 Å². The fourth-order valence-electron chi connectivity index (χ4n) is 5.16. The van der Waals surface area contributed by atoms with E-state index in [0.29, 0.717) is 36.1 Å². The van der Waals surface area contributed by atoms with Gasteiger partial charge in [-0.3, -0.25) is 14.4 Å². The molecule has 7 heteroatoms. The van der Waals surface area contributed by atoms with Crippen molar-refractivity contribution in [2.75, 3.05) is 13.2 Å². The SMILES string of the molecule is CC(C)[Si](OCCC=O)(C(C)C)C(C)C.CC/C=C1\CC=CC1=O.O=C1C=CC/C1=C\CCO.O=C1C=CCC1. The van der Waals surface area contributed by atoms with Gasteiger partial charge in [-0.25, -0.2) is 0 Å². The molecule has 0 saturated heterocycles. The van der Waals surface area contributed by atoms with Crippen molar-refractivity contribution >= 4 is 32.0 Å². The largest absolute Gasteiger partial charge is 0.416 e. The molecule has 224 valence electrons. The average molecular weight is 573 g/mol. The third-order valence-corrected chi connectivity index (χ3v) is 13.1. The van der Waals surface area contributed by atoms with Gasteiger partial charge < -0.3 is 14.3 Å². The maximum Gasteiger partial charge on any atom is 0.200 e. The van der Waals surface area contributed by atoms with Gasteiger partial charge in [0.15, 0.2) is 25.7 Å². The molecular formula is C33H52O6Si. The molecular weight excluding hydrogens is 520 g/mol. The predicted molar refractivity (Wildman–Crippen MR) is 167 cm³/mol. The van der Waals surface area contributed by atoms with Crippen molar-refractivity contribution in [1.82, 2.24) is 0 Å². The van der Waals surface area contributed by atoms with Crippen LogP contribution < -0.4 is 0 Å². The highest BCUT2D eigenvalue weighted by atomic mass is 28.4. The third-order valence-electron chi connectivity index (χ3n) is 6.97. The first-order chi connectivity index (χ1) is 19.0. The van der Waals surface area contributed by atoms with Gasteiger partial charge in [0.25, 0.3) is 0 Å². The van der Waals surface area contributed by atoms with Gasteiger partial charge in [-0.15, -0.1) is 0 Å². The summed E-state index contributed by atoms with van der Waals surface area (Å²) in [6.45, 7) is 16.3. The Kier molecular flexibility index (Phi) is 20.0. The normalized spacial score (nSPS) is 17.9. The van der Waals surface area contributed by atoms with Crippen LogP contribution >= 0.6 is 0 Å². The molecule has 6 nitrogen and oxygen atoms in total. The number of carbonyl (C=O) groups excluding carboxylic acids is 4. The minimum Gasteiger partial charge on any atom is -0.416 e. The molecule has 0 saturated carbocycles. The van der Waals surface area contributed by atoms with Gasteiger partial charge in [0.2, 0.25) is 0 Å². The average Bonchev–Trinajstić information content (AvgIpc) is 3.65. The molecule has 0 aromatic carbocycles. The second-order valence-electron chi connectivity index (χ2n) is 10.8. The summed E-state index contributed by atoms with van der Waals surface area (Å²) in [4.78, 5) is 42.1. The predicted octanol–water partition coefficient (Wildman–Crippen LogP) is 7.35. The van der Waals surface area contributed by atoms with Gasteiger partial charge in [0.05, 0.1) is 0 Å². The van der Waals surface area contributed by atoms with Gasteiger partial charge in [-0.1, -0.05) is 78.8 Å². The van der Waals surface area contributed by atoms with E-state index in [0.717, 1.165) is 49.5 Å². The molecule has 1 N–H and O–H groups in total. The van der Waals surface area contributed by atoms with Crippen molar-refractivity contribution in [2.24, 2.45) is 0 Å². The first kappa shape index (κ1) is 37.5. The molecule has 0 fully saturated rings. The molecule has 0 amide bonds. The molecule has 0 spiro atoms. The first-order valence-electron chi connectivity index (χ1n) is 14.6. The topological polar surface area (TPSA) is 97.7 Å². The molecule has 0 aromatic heterocycles. The molecule has 0 unspecified atom stereocenters. The molecule has 0 bridgehead atoms. The van der Waals surface area contributed by atoms with E-state index in [9.17, 15) is 19.2 Å². The van der Waals surface area contributed by atoms with Crippen LogP contribution in [-0.4, -0.2) is 50.3 Å². The molecule has 0 atom stereocenters. The summed E-state index contributed by atoms with van der Waals surface area (Å²) in [5.74, 6) is 0.556. The van der Waals surface area contributed by atoms with E-state index >= 15 is 0 Å². The Morgan fingerprint density at radius 3 is 1.65 bits per heavy atom. The number of rotatable bonds is 10. The molecule has 0 aromatic rings. The number of aldehydes is 1. The Labute approximate surface area is 243 Å². The van der Waals surface area contributed by atoms with Crippen LogP contribution in [0.5, 0.6) is 0 Å². The van der Waals surface area contributed by atoms with Crippen LogP contribution in [0.3, 0.4) is 0 Å². The highest BCUT2D eigenvalue weighted by molar-refractivity contribution is 6.77. The van der Waals surface area contributed by atoms with Crippen LogP contribution in [0.4, 0.5) is 0 Å². The molecule has 40 heavy (non-hydrogen) atoms. The fourth-order valence-corrected chi connectivity index (χ4v) is 10.6. The fraction of sp³-hybridized carbons (Fsp3) is 0.576. The second kappa shape index (κ2) is 21.3. The van der Waals surface area contributed by atoms with Crippen molar-refractivity contribution in [3.63, 3.8) is 0 Å². The third kappa shape index (κ3) is 13.7. The van der Waals surface area contributed by atoms with E-state index in [1.165, 1.54) is 0 Å². The molecule has 3 rings (SSSR count). The monoisotopic (exact) mass is 572 g/mol. The molecule has 0 heterocycles. The summed E-state index contributed by atoms with van der Waals surface area (Å²) in [7, 11) is -1.72. The zero-order chi connectivity index (χ0) is 30.6. The summed E-state index contributed by atoms with van der Waals surface area (Å²) in [5, 5.41) is 8.44. The lowest BCUT2D eigenvalue weighted by Crippen LogP contribution is -2.48. The van der Waals surface area contributed by atoms with Crippen LogP contribution in [0.1, 0.15) is 93.4 Å². The van der Waals surface area contributed by atoms with Crippen LogP contribution in [0.15, 0.2) is 59.8 Å². The Hall–Kier alpha value is -2.48. The Bertz CT molecular complexity index is 928. The van der Waals surface area contributed by atoms with Crippen molar-refractivity contribution < 1.29 is 28.7 Å². The quantitative estimate of drug-likeness (QED) is 0.127. The molecule has 3 aliphatic carbocycles. The minimum atomic E-state index is -1.72. The molecule has 0 radical (unpaired) electrons. The van der Waals surface area contributed by atoms with Gasteiger partial charge >= 0.3 is 0 Å². The van der Waals surface area contributed by atoms with Crippen LogP contribution in [0, 0.1) is 0 Å². The zero-order valence-electron chi connectivity index (χ0n) is 25.8. The number of hydrogen-bond acceptors (Lipinski definition) is 6. The number of carbonyl (C=O) groups is 4. The minimum absolute atomic E-state index is 0.0912. The maximum absolute atomic E-state index is 10.8. The summed E-state index contributed by atoms with van der Waals surface area (Å²) in [5.41, 5.74) is 3.57. The van der Waals surface area contributed by atoms with Gasteiger partial charge in [-0.2, -0.15) is 0 Å². The van der Waals surface area contributed by atoms with Gasteiger partial charge in [-0.05, 0) is 78.1 Å². The second-order valence-corrected chi connectivity index (χ2v) is 16.3. The van der Waals surface area contributed by atoms with Crippen molar-refractivity contribution in [3.05, 3.63) is 59.8 Å². The Balaban J connectivity index is 0.000000530. The Morgan fingerprint density at radius 2 is 1.35 bits per heavy atom. The summed E-state index contributed by atoms with van der Waals surface area (Å²) in [6, 6.07) is 0. The van der Waals surface area contributed by atoms with Crippen LogP contribution in [-0.2, 0) is 23.6 Å². The number of ketones is 3. The first-order valence-corrected chi connectivity index (χ1v) is 16.8. The zero-order valence-corrected chi connectivity index (χ0v) is 26.8. The lowest BCUT2D eigenvalue weighted by Gasteiger charge is -2.42. The van der Waals surface area contributed by atoms with E-state index < -0.39 is 8.32 Å². The maximum atomic E-state index is 10.8. The van der Waals surface area contributed by atoms with E-state index in [4.69, 9.17) is 9.53 Å². The summed E-state index contributed by atoms with van der Waals surface area (Å²) in [6.07, 6.45) is 20.6. The smallest absolute Gasteiger partial charge is 0.200 e. The van der Waals surface area contributed by atoms with E-state index in [1.54, 1.807) is 24.3 Å². The lowest BCUT2D eigenvalue weighted by atomic mass is 10.1. The van der Waals surface area contributed by atoms with Crippen LogP contribution in [0.2, 0.25) is 16.6 Å². The van der Waals surface area contributed by atoms with E-state index in [1.807, 2.05) is 31.2 Å². The Morgan fingerprint density at radius 1 is 0.825 bits per heavy atom. The van der Waals surface area contributed by atoms with Crippen molar-refractivity contribution in [3.8, 4) is 0 Å². The number of hydrogen-bond donors (Lipinski definition) is 1.